The zero-order chi connectivity index (χ0) is 22.2. The number of aliphatic hydroxyl groups is 4. The number of carboxylic acids is 1. The Kier molecular flexibility index (Phi) is 6.16. The third-order valence-electron chi connectivity index (χ3n) is 5.38. The van der Waals surface area contributed by atoms with Crippen molar-refractivity contribution < 1.29 is 44.2 Å². The van der Waals surface area contributed by atoms with Crippen LogP contribution in [0.2, 0.25) is 0 Å². The molecule has 10 heteroatoms. The van der Waals surface area contributed by atoms with Gasteiger partial charge in [-0.25, -0.2) is 9.59 Å². The molecule has 1 aromatic heterocycles. The van der Waals surface area contributed by atoms with E-state index in [-0.39, 0.29) is 11.3 Å². The minimum absolute atomic E-state index is 0.00338. The highest BCUT2D eigenvalue weighted by Gasteiger charge is 2.55. The summed E-state index contributed by atoms with van der Waals surface area (Å²) in [6, 6.07) is 5.70. The third-order valence-corrected chi connectivity index (χ3v) is 5.38. The number of aliphatic hydroxyl groups excluding tert-OH is 4. The molecule has 0 radical (unpaired) electrons. The molecule has 30 heavy (non-hydrogen) atoms. The number of aryl methyl sites for hydroxylation is 1. The lowest BCUT2D eigenvalue weighted by Gasteiger charge is -2.45. The van der Waals surface area contributed by atoms with Crippen LogP contribution in [0.15, 0.2) is 33.5 Å². The van der Waals surface area contributed by atoms with E-state index in [1.165, 1.54) is 25.1 Å². The van der Waals surface area contributed by atoms with E-state index in [2.05, 4.69) is 0 Å². The Balaban J connectivity index is 1.99. The van der Waals surface area contributed by atoms with Crippen LogP contribution in [0.5, 0.6) is 5.75 Å². The minimum Gasteiger partial charge on any atom is -0.476 e. The molecule has 2 aromatic rings. The SMILES string of the molecule is Cc1cc(=O)oc2cc(O[C@]3(C(=O)O)C[C@@H](O)[C@@H](C)C([C@H](O)[C@H](O)CO)O3)ccc12. The number of carboxylic acid groups (broad SMARTS) is 1. The summed E-state index contributed by atoms with van der Waals surface area (Å²) in [4.78, 5) is 23.7. The lowest BCUT2D eigenvalue weighted by atomic mass is 9.84. The van der Waals surface area contributed by atoms with Gasteiger partial charge in [-0.1, -0.05) is 6.92 Å². The van der Waals surface area contributed by atoms with E-state index in [1.54, 1.807) is 13.0 Å². The van der Waals surface area contributed by atoms with Gasteiger partial charge in [0.2, 0.25) is 0 Å². The summed E-state index contributed by atoms with van der Waals surface area (Å²) in [6.45, 7) is 2.45. The molecule has 1 saturated heterocycles. The van der Waals surface area contributed by atoms with E-state index in [1.807, 2.05) is 0 Å². The summed E-state index contributed by atoms with van der Waals surface area (Å²) in [7, 11) is 0. The second-order valence-electron chi connectivity index (χ2n) is 7.52. The van der Waals surface area contributed by atoms with Crippen LogP contribution in [-0.4, -0.2) is 68.3 Å². The maximum Gasteiger partial charge on any atom is 0.377 e. The summed E-state index contributed by atoms with van der Waals surface area (Å²) < 4.78 is 16.3. The Bertz CT molecular complexity index is 985. The van der Waals surface area contributed by atoms with Crippen molar-refractivity contribution >= 4 is 16.9 Å². The third kappa shape index (κ3) is 4.05. The maximum absolute atomic E-state index is 12.1. The predicted molar refractivity (Wildman–Crippen MR) is 102 cm³/mol. The number of hydrogen-bond acceptors (Lipinski definition) is 9. The summed E-state index contributed by atoms with van der Waals surface area (Å²) in [6.07, 6.45) is -6.32. The van der Waals surface area contributed by atoms with Gasteiger partial charge in [-0.3, -0.25) is 0 Å². The molecule has 5 N–H and O–H groups in total. The Labute approximate surface area is 170 Å². The van der Waals surface area contributed by atoms with E-state index in [9.17, 15) is 30.0 Å². The molecule has 1 aliphatic heterocycles. The fourth-order valence-corrected chi connectivity index (χ4v) is 3.57. The van der Waals surface area contributed by atoms with Crippen LogP contribution in [-0.2, 0) is 9.53 Å². The highest BCUT2D eigenvalue weighted by Crippen LogP contribution is 2.37. The highest BCUT2D eigenvalue weighted by molar-refractivity contribution is 5.82. The van der Waals surface area contributed by atoms with Gasteiger partial charge in [0.1, 0.15) is 23.5 Å². The Hall–Kier alpha value is -2.50. The number of ether oxygens (including phenoxy) is 2. The van der Waals surface area contributed by atoms with Gasteiger partial charge >= 0.3 is 17.4 Å². The average molecular weight is 424 g/mol. The monoisotopic (exact) mass is 424 g/mol. The van der Waals surface area contributed by atoms with E-state index >= 15 is 0 Å². The smallest absolute Gasteiger partial charge is 0.377 e. The molecule has 0 saturated carbocycles. The summed E-state index contributed by atoms with van der Waals surface area (Å²) in [5.74, 6) is -4.70. The molecule has 164 valence electrons. The zero-order valence-corrected chi connectivity index (χ0v) is 16.4. The molecule has 1 aromatic carbocycles. The van der Waals surface area contributed by atoms with Gasteiger partial charge in [-0.15, -0.1) is 0 Å². The summed E-state index contributed by atoms with van der Waals surface area (Å²) in [5, 5.41) is 50.0. The number of rotatable bonds is 6. The van der Waals surface area contributed by atoms with Crippen LogP contribution in [0.4, 0.5) is 0 Å². The van der Waals surface area contributed by atoms with Crippen molar-refractivity contribution in [2.24, 2.45) is 5.92 Å². The van der Waals surface area contributed by atoms with Gasteiger partial charge in [-0.2, -0.15) is 0 Å². The Morgan fingerprint density at radius 2 is 2.03 bits per heavy atom. The maximum atomic E-state index is 12.1. The van der Waals surface area contributed by atoms with Crippen LogP contribution >= 0.6 is 0 Å². The number of hydrogen-bond donors (Lipinski definition) is 5. The van der Waals surface area contributed by atoms with Crippen molar-refractivity contribution in [3.8, 4) is 5.75 Å². The molecular weight excluding hydrogens is 400 g/mol. The Morgan fingerprint density at radius 1 is 1.33 bits per heavy atom. The quantitative estimate of drug-likeness (QED) is 0.391. The lowest BCUT2D eigenvalue weighted by molar-refractivity contribution is -0.291. The molecule has 10 nitrogen and oxygen atoms in total. The van der Waals surface area contributed by atoms with Crippen LogP contribution in [0.25, 0.3) is 11.0 Å². The van der Waals surface area contributed by atoms with Gasteiger partial charge in [0.15, 0.2) is 0 Å². The van der Waals surface area contributed by atoms with Crippen molar-refractivity contribution in [2.45, 2.75) is 50.5 Å². The molecule has 0 bridgehead atoms. The van der Waals surface area contributed by atoms with Crippen molar-refractivity contribution in [1.29, 1.82) is 0 Å². The summed E-state index contributed by atoms with van der Waals surface area (Å²) in [5.41, 5.74) is 0.263. The lowest BCUT2D eigenvalue weighted by Crippen LogP contribution is -2.62. The van der Waals surface area contributed by atoms with Crippen molar-refractivity contribution in [2.75, 3.05) is 6.61 Å². The fraction of sp³-hybridized carbons (Fsp3) is 0.500. The standard InChI is InChI=1S/C20H24O10/c1-9-5-16(24)28-15-6-11(3-4-12(9)15)29-20(19(26)27)7-13(22)10(2)18(30-20)17(25)14(23)8-21/h3-6,10,13-14,17-18,21-23,25H,7-8H2,1-2H3,(H,26,27)/t10-,13-,14-,17-,18?,20-/m1/s1. The minimum atomic E-state index is -2.38. The fourth-order valence-electron chi connectivity index (χ4n) is 3.57. The van der Waals surface area contributed by atoms with E-state index in [0.29, 0.717) is 10.9 Å². The van der Waals surface area contributed by atoms with Gasteiger partial charge in [0.05, 0.1) is 25.2 Å². The van der Waals surface area contributed by atoms with Crippen molar-refractivity contribution in [3.63, 3.8) is 0 Å². The summed E-state index contributed by atoms with van der Waals surface area (Å²) >= 11 is 0. The zero-order valence-electron chi connectivity index (χ0n) is 16.4. The topological polar surface area (TPSA) is 167 Å². The second-order valence-corrected chi connectivity index (χ2v) is 7.52. The van der Waals surface area contributed by atoms with Crippen molar-refractivity contribution in [3.05, 3.63) is 40.2 Å². The first-order valence-corrected chi connectivity index (χ1v) is 9.38. The Morgan fingerprint density at radius 3 is 2.67 bits per heavy atom. The predicted octanol–water partition coefficient (Wildman–Crippen LogP) is -0.239. The number of aliphatic carboxylic acids is 1. The molecule has 3 rings (SSSR count). The van der Waals surface area contributed by atoms with Crippen LogP contribution in [0.3, 0.4) is 0 Å². The van der Waals surface area contributed by atoms with Crippen LogP contribution < -0.4 is 10.4 Å². The van der Waals surface area contributed by atoms with Gasteiger partial charge in [-0.05, 0) is 24.6 Å². The normalized spacial score (nSPS) is 28.8. The van der Waals surface area contributed by atoms with E-state index in [4.69, 9.17) is 19.0 Å². The second kappa shape index (κ2) is 8.32. The largest absolute Gasteiger partial charge is 0.476 e. The van der Waals surface area contributed by atoms with Gasteiger partial charge in [0.25, 0.3) is 0 Å². The molecule has 1 fully saturated rings. The molecule has 1 unspecified atom stereocenters. The molecule has 0 amide bonds. The van der Waals surface area contributed by atoms with Gasteiger partial charge in [0, 0.05) is 23.4 Å². The van der Waals surface area contributed by atoms with Gasteiger partial charge < -0.3 is 39.4 Å². The molecule has 0 aliphatic carbocycles. The first kappa shape index (κ1) is 22.2. The molecule has 1 aliphatic rings. The van der Waals surface area contributed by atoms with Crippen LogP contribution in [0, 0.1) is 12.8 Å². The van der Waals surface area contributed by atoms with Crippen LogP contribution in [0.1, 0.15) is 18.9 Å². The number of benzene rings is 1. The molecule has 2 heterocycles. The first-order valence-electron chi connectivity index (χ1n) is 9.38. The molecular formula is C20H24O10. The number of carbonyl (C=O) groups is 1. The van der Waals surface area contributed by atoms with Crippen molar-refractivity contribution in [1.82, 2.24) is 0 Å². The highest BCUT2D eigenvalue weighted by atomic mass is 16.7. The number of fused-ring (bicyclic) bond motifs is 1. The van der Waals surface area contributed by atoms with E-state index < -0.39 is 60.7 Å². The van der Waals surface area contributed by atoms with E-state index in [0.717, 1.165) is 0 Å². The molecule has 0 spiro atoms. The molecule has 6 atom stereocenters. The average Bonchev–Trinajstić information content (AvgIpc) is 2.68. The first-order chi connectivity index (χ1) is 14.1.